The predicted molar refractivity (Wildman–Crippen MR) is 151 cm³/mol. The van der Waals surface area contributed by atoms with Gasteiger partial charge < -0.3 is 14.8 Å². The molecule has 0 atom stereocenters. The summed E-state index contributed by atoms with van der Waals surface area (Å²) < 4.78 is 12.6. The van der Waals surface area contributed by atoms with Gasteiger partial charge in [-0.2, -0.15) is 9.97 Å². The van der Waals surface area contributed by atoms with E-state index in [4.69, 9.17) is 19.4 Å². The SMILES string of the molecule is COC(=O)c1cccc2c1cc(C)n2-c1nc(NCc2ccccc2)c2c(n1)N(C(=O)OC(C)(C)C)CCC2. The fraction of sp³-hybridized carbons (Fsp3) is 0.333. The minimum atomic E-state index is -0.642. The van der Waals surface area contributed by atoms with Crippen molar-refractivity contribution in [2.45, 2.75) is 52.7 Å². The van der Waals surface area contributed by atoms with Crippen LogP contribution < -0.4 is 10.2 Å². The van der Waals surface area contributed by atoms with E-state index in [1.165, 1.54) is 7.11 Å². The first kappa shape index (κ1) is 26.2. The van der Waals surface area contributed by atoms with Gasteiger partial charge in [-0.1, -0.05) is 36.4 Å². The Hall–Kier alpha value is -4.40. The molecule has 5 rings (SSSR count). The lowest BCUT2D eigenvalue weighted by Crippen LogP contribution is -2.41. The lowest BCUT2D eigenvalue weighted by atomic mass is 10.1. The molecular weight excluding hydrogens is 494 g/mol. The summed E-state index contributed by atoms with van der Waals surface area (Å²) in [5, 5.41) is 4.23. The van der Waals surface area contributed by atoms with Crippen molar-refractivity contribution in [1.82, 2.24) is 14.5 Å². The van der Waals surface area contributed by atoms with E-state index in [9.17, 15) is 9.59 Å². The maximum absolute atomic E-state index is 13.3. The Morgan fingerprint density at radius 2 is 1.82 bits per heavy atom. The van der Waals surface area contributed by atoms with E-state index in [1.807, 2.05) is 80.8 Å². The number of nitrogens with one attached hydrogen (secondary N) is 1. The predicted octanol–water partition coefficient (Wildman–Crippen LogP) is 5.82. The maximum Gasteiger partial charge on any atom is 0.416 e. The third-order valence-corrected chi connectivity index (χ3v) is 6.59. The van der Waals surface area contributed by atoms with Gasteiger partial charge >= 0.3 is 12.1 Å². The smallest absolute Gasteiger partial charge is 0.416 e. The number of benzene rings is 2. The first-order valence-electron chi connectivity index (χ1n) is 13.1. The third-order valence-electron chi connectivity index (χ3n) is 6.59. The summed E-state index contributed by atoms with van der Waals surface area (Å²) >= 11 is 0. The molecule has 1 aliphatic heterocycles. The van der Waals surface area contributed by atoms with E-state index >= 15 is 0 Å². The zero-order chi connectivity index (χ0) is 27.7. The summed E-state index contributed by atoms with van der Waals surface area (Å²) in [4.78, 5) is 37.2. The van der Waals surface area contributed by atoms with Gasteiger partial charge in [-0.15, -0.1) is 0 Å². The van der Waals surface area contributed by atoms with Crippen molar-refractivity contribution in [2.24, 2.45) is 0 Å². The van der Waals surface area contributed by atoms with E-state index in [2.05, 4.69) is 5.32 Å². The molecule has 9 nitrogen and oxygen atoms in total. The number of anilines is 2. The Kier molecular flexibility index (Phi) is 6.99. The summed E-state index contributed by atoms with van der Waals surface area (Å²) in [6.45, 7) is 8.54. The molecule has 0 saturated carbocycles. The normalized spacial score (nSPS) is 13.2. The zero-order valence-electron chi connectivity index (χ0n) is 22.9. The molecule has 39 heavy (non-hydrogen) atoms. The molecule has 0 unspecified atom stereocenters. The van der Waals surface area contributed by atoms with Crippen molar-refractivity contribution in [3.8, 4) is 5.95 Å². The lowest BCUT2D eigenvalue weighted by Gasteiger charge is -2.31. The fourth-order valence-electron chi connectivity index (χ4n) is 4.87. The summed E-state index contributed by atoms with van der Waals surface area (Å²) in [6, 6.07) is 17.5. The Bertz CT molecular complexity index is 1540. The molecule has 0 saturated heterocycles. The first-order valence-corrected chi connectivity index (χ1v) is 13.1. The van der Waals surface area contributed by atoms with Gasteiger partial charge in [-0.25, -0.2) is 9.59 Å². The fourth-order valence-corrected chi connectivity index (χ4v) is 4.87. The molecule has 2 aromatic heterocycles. The standard InChI is InChI=1S/C30H33N5O4/c1-19-17-23-21(27(36)38-5)13-9-15-24(23)35(19)28-32-25(31-18-20-11-7-6-8-12-20)22-14-10-16-34(26(22)33-28)29(37)39-30(2,3)4/h6-9,11-13,15,17H,10,14,16,18H2,1-5H3,(H,31,32,33). The quantitative estimate of drug-likeness (QED) is 0.327. The highest BCUT2D eigenvalue weighted by Crippen LogP contribution is 2.34. The molecule has 0 radical (unpaired) electrons. The minimum absolute atomic E-state index is 0.397. The van der Waals surface area contributed by atoms with Crippen molar-refractivity contribution < 1.29 is 19.1 Å². The highest BCUT2D eigenvalue weighted by molar-refractivity contribution is 6.04. The number of hydrogen-bond acceptors (Lipinski definition) is 7. The molecule has 0 spiro atoms. The number of aryl methyl sites for hydroxylation is 1. The molecule has 2 aromatic carbocycles. The average Bonchev–Trinajstić information content (AvgIpc) is 3.26. The van der Waals surface area contributed by atoms with Crippen LogP contribution in [0, 0.1) is 6.92 Å². The highest BCUT2D eigenvalue weighted by Gasteiger charge is 2.31. The third kappa shape index (κ3) is 5.30. The Morgan fingerprint density at radius 3 is 2.54 bits per heavy atom. The van der Waals surface area contributed by atoms with Gasteiger partial charge in [0, 0.05) is 29.7 Å². The molecule has 1 N–H and O–H groups in total. The number of nitrogens with zero attached hydrogens (tertiary/aromatic N) is 4. The molecular formula is C30H33N5O4. The van der Waals surface area contributed by atoms with Crippen molar-refractivity contribution >= 4 is 34.6 Å². The minimum Gasteiger partial charge on any atom is -0.465 e. The number of hydrogen-bond donors (Lipinski definition) is 1. The van der Waals surface area contributed by atoms with E-state index in [0.29, 0.717) is 36.2 Å². The monoisotopic (exact) mass is 527 g/mol. The average molecular weight is 528 g/mol. The van der Waals surface area contributed by atoms with Gasteiger partial charge in [0.05, 0.1) is 18.2 Å². The van der Waals surface area contributed by atoms with Crippen LogP contribution in [0.25, 0.3) is 16.9 Å². The van der Waals surface area contributed by atoms with Crippen molar-refractivity contribution in [3.05, 3.63) is 77.0 Å². The van der Waals surface area contributed by atoms with Gasteiger partial charge in [-0.05, 0) is 64.3 Å². The van der Waals surface area contributed by atoms with E-state index < -0.39 is 17.7 Å². The molecule has 0 bridgehead atoms. The number of methoxy groups -OCH3 is 1. The number of aromatic nitrogens is 3. The molecule has 4 aromatic rings. The second-order valence-electron chi connectivity index (χ2n) is 10.6. The van der Waals surface area contributed by atoms with Crippen LogP contribution in [0.1, 0.15) is 54.4 Å². The molecule has 1 amide bonds. The van der Waals surface area contributed by atoms with Crippen LogP contribution in [0.5, 0.6) is 0 Å². The Morgan fingerprint density at radius 1 is 1.05 bits per heavy atom. The molecule has 9 heteroatoms. The summed E-state index contributed by atoms with van der Waals surface area (Å²) in [5.74, 6) is 1.18. The highest BCUT2D eigenvalue weighted by atomic mass is 16.6. The Labute approximate surface area is 227 Å². The van der Waals surface area contributed by atoms with E-state index in [0.717, 1.165) is 40.6 Å². The number of ether oxygens (including phenoxy) is 2. The molecule has 3 heterocycles. The molecule has 0 fully saturated rings. The number of fused-ring (bicyclic) bond motifs is 2. The number of amides is 1. The summed E-state index contributed by atoms with van der Waals surface area (Å²) in [7, 11) is 1.37. The topological polar surface area (TPSA) is 98.6 Å². The van der Waals surface area contributed by atoms with Gasteiger partial charge in [0.25, 0.3) is 0 Å². The van der Waals surface area contributed by atoms with E-state index in [1.54, 1.807) is 11.0 Å². The summed E-state index contributed by atoms with van der Waals surface area (Å²) in [6.07, 6.45) is 1.05. The van der Waals surface area contributed by atoms with Crippen molar-refractivity contribution in [3.63, 3.8) is 0 Å². The van der Waals surface area contributed by atoms with Crippen LogP contribution in [-0.2, 0) is 22.4 Å². The molecule has 1 aliphatic rings. The van der Waals surface area contributed by atoms with Crippen LogP contribution in [0.15, 0.2) is 54.6 Å². The van der Waals surface area contributed by atoms with Crippen LogP contribution in [-0.4, -0.2) is 45.9 Å². The zero-order valence-corrected chi connectivity index (χ0v) is 22.9. The number of carbonyl (C=O) groups is 2. The van der Waals surface area contributed by atoms with Crippen molar-refractivity contribution in [1.29, 1.82) is 0 Å². The molecule has 0 aliphatic carbocycles. The largest absolute Gasteiger partial charge is 0.465 e. The first-order chi connectivity index (χ1) is 18.7. The lowest BCUT2D eigenvalue weighted by molar-refractivity contribution is 0.0573. The Balaban J connectivity index is 1.66. The number of carbonyl (C=O) groups excluding carboxylic acids is 2. The maximum atomic E-state index is 13.3. The summed E-state index contributed by atoms with van der Waals surface area (Å²) in [5.41, 5.74) is 3.41. The number of esters is 1. The van der Waals surface area contributed by atoms with Gasteiger partial charge in [0.15, 0.2) is 0 Å². The van der Waals surface area contributed by atoms with Gasteiger partial charge in [-0.3, -0.25) is 9.47 Å². The van der Waals surface area contributed by atoms with Crippen LogP contribution in [0.2, 0.25) is 0 Å². The second kappa shape index (κ2) is 10.4. The van der Waals surface area contributed by atoms with E-state index in [-0.39, 0.29) is 0 Å². The van der Waals surface area contributed by atoms with Crippen LogP contribution in [0.3, 0.4) is 0 Å². The number of rotatable bonds is 5. The molecule has 202 valence electrons. The second-order valence-corrected chi connectivity index (χ2v) is 10.6. The van der Waals surface area contributed by atoms with Gasteiger partial charge in [0.1, 0.15) is 17.2 Å². The van der Waals surface area contributed by atoms with Crippen LogP contribution >= 0.6 is 0 Å². The van der Waals surface area contributed by atoms with Gasteiger partial charge in [0.2, 0.25) is 5.95 Å². The van der Waals surface area contributed by atoms with Crippen LogP contribution in [0.4, 0.5) is 16.4 Å². The van der Waals surface area contributed by atoms with Crippen molar-refractivity contribution in [2.75, 3.05) is 23.9 Å².